The molecule has 0 aliphatic heterocycles. The lowest BCUT2D eigenvalue weighted by atomic mass is 10.1. The summed E-state index contributed by atoms with van der Waals surface area (Å²) in [6, 6.07) is 9.96. The van der Waals surface area contributed by atoms with E-state index >= 15 is 0 Å². The fraction of sp³-hybridized carbons (Fsp3) is 0.211. The molecule has 0 radical (unpaired) electrons. The summed E-state index contributed by atoms with van der Waals surface area (Å²) in [5, 5.41) is 3.84. The Hall–Kier alpha value is -3.00. The normalized spacial score (nSPS) is 11.4. The molecular weight excluding hydrogens is 366 g/mol. The van der Waals surface area contributed by atoms with Gasteiger partial charge >= 0.3 is 5.97 Å². The van der Waals surface area contributed by atoms with Gasteiger partial charge in [-0.25, -0.2) is 23.2 Å². The number of carbonyl (C=O) groups excluding carboxylic acids is 1. The largest absolute Gasteiger partial charge is 0.462 e. The van der Waals surface area contributed by atoms with Gasteiger partial charge in [-0.05, 0) is 50.2 Å². The summed E-state index contributed by atoms with van der Waals surface area (Å²) < 4.78 is 28.4. The first kappa shape index (κ1) is 18.8. The van der Waals surface area contributed by atoms with E-state index in [-0.39, 0.29) is 17.1 Å². The average Bonchev–Trinajstić information content (AvgIpc) is 2.61. The highest BCUT2D eigenvalue weighted by Gasteiger charge is 2.18. The van der Waals surface area contributed by atoms with Crippen molar-refractivity contribution < 1.29 is 17.9 Å². The number of sulfone groups is 1. The molecule has 0 bridgehead atoms. The second-order valence-electron chi connectivity index (χ2n) is 6.01. The molecule has 140 valence electrons. The maximum absolute atomic E-state index is 12.3. The van der Waals surface area contributed by atoms with Crippen molar-refractivity contribution in [2.75, 3.05) is 18.2 Å². The number of rotatable bonds is 5. The first-order chi connectivity index (χ1) is 12.8. The Kier molecular flexibility index (Phi) is 5.09. The van der Waals surface area contributed by atoms with Crippen LogP contribution in [0.4, 0.5) is 11.4 Å². The lowest BCUT2D eigenvalue weighted by Gasteiger charge is -2.14. The minimum absolute atomic E-state index is 0.218. The number of nitrogens with one attached hydrogen (secondary N) is 1. The number of aryl methyl sites for hydroxylation is 1. The van der Waals surface area contributed by atoms with Gasteiger partial charge in [0.1, 0.15) is 5.56 Å². The predicted molar refractivity (Wildman–Crippen MR) is 103 cm³/mol. The molecule has 2 heterocycles. The highest BCUT2D eigenvalue weighted by atomic mass is 32.2. The maximum atomic E-state index is 12.3. The van der Waals surface area contributed by atoms with Crippen LogP contribution in [0.15, 0.2) is 47.5 Å². The molecule has 1 aromatic carbocycles. The molecule has 0 saturated carbocycles. The van der Waals surface area contributed by atoms with Crippen LogP contribution in [-0.4, -0.2) is 37.2 Å². The number of esters is 1. The predicted octanol–water partition coefficient (Wildman–Crippen LogP) is 3.26. The molecule has 27 heavy (non-hydrogen) atoms. The van der Waals surface area contributed by atoms with Gasteiger partial charge in [0.05, 0.1) is 17.2 Å². The summed E-state index contributed by atoms with van der Waals surface area (Å²) >= 11 is 0. The third-order valence-electron chi connectivity index (χ3n) is 3.92. The van der Waals surface area contributed by atoms with Crippen LogP contribution in [-0.2, 0) is 14.6 Å². The Morgan fingerprint density at radius 2 is 1.85 bits per heavy atom. The number of carbonyl (C=O) groups is 1. The summed E-state index contributed by atoms with van der Waals surface area (Å²) in [4.78, 5) is 21.2. The van der Waals surface area contributed by atoms with Crippen LogP contribution in [0.2, 0.25) is 0 Å². The lowest BCUT2D eigenvalue weighted by Crippen LogP contribution is -2.09. The molecule has 2 aromatic heterocycles. The molecule has 3 aromatic rings. The van der Waals surface area contributed by atoms with E-state index in [9.17, 15) is 13.2 Å². The van der Waals surface area contributed by atoms with Gasteiger partial charge in [-0.2, -0.15) is 0 Å². The molecule has 3 rings (SSSR count). The molecule has 0 unspecified atom stereocenters. The molecule has 0 fully saturated rings. The maximum Gasteiger partial charge on any atom is 0.341 e. The second kappa shape index (κ2) is 7.32. The first-order valence-corrected chi connectivity index (χ1v) is 10.2. The molecule has 7 nitrogen and oxygen atoms in total. The van der Waals surface area contributed by atoms with Gasteiger partial charge < -0.3 is 10.1 Å². The summed E-state index contributed by atoms with van der Waals surface area (Å²) in [5.74, 6) is -0.497. The molecular formula is C19H19N3O4S. The van der Waals surface area contributed by atoms with Crippen molar-refractivity contribution >= 4 is 38.2 Å². The SMILES string of the molecule is CCOC(=O)c1cnc2nc(C)ccc2c1Nc1ccc(S(C)(=O)=O)cc1. The van der Waals surface area contributed by atoms with E-state index in [1.165, 1.54) is 18.3 Å². The Balaban J connectivity index is 2.10. The number of pyridine rings is 2. The monoisotopic (exact) mass is 385 g/mol. The van der Waals surface area contributed by atoms with Crippen molar-refractivity contribution in [1.82, 2.24) is 9.97 Å². The Bertz CT molecular complexity index is 1110. The topological polar surface area (TPSA) is 98.2 Å². The van der Waals surface area contributed by atoms with Crippen LogP contribution >= 0.6 is 0 Å². The van der Waals surface area contributed by atoms with Crippen molar-refractivity contribution in [3.05, 3.63) is 53.9 Å². The van der Waals surface area contributed by atoms with Crippen molar-refractivity contribution in [2.45, 2.75) is 18.7 Å². The zero-order chi connectivity index (χ0) is 19.6. The van der Waals surface area contributed by atoms with Crippen LogP contribution in [0.25, 0.3) is 11.0 Å². The smallest absolute Gasteiger partial charge is 0.341 e. The number of aromatic nitrogens is 2. The van der Waals surface area contributed by atoms with E-state index in [0.717, 1.165) is 11.9 Å². The molecule has 0 aliphatic carbocycles. The first-order valence-electron chi connectivity index (χ1n) is 8.30. The fourth-order valence-corrected chi connectivity index (χ4v) is 3.23. The van der Waals surface area contributed by atoms with Gasteiger partial charge in [-0.3, -0.25) is 0 Å². The molecule has 0 atom stereocenters. The van der Waals surface area contributed by atoms with Crippen LogP contribution < -0.4 is 5.32 Å². The van der Waals surface area contributed by atoms with E-state index in [4.69, 9.17) is 4.74 Å². The Labute approximate surface area is 157 Å². The van der Waals surface area contributed by atoms with Crippen LogP contribution in [0, 0.1) is 6.92 Å². The summed E-state index contributed by atoms with van der Waals surface area (Å²) in [5.41, 5.74) is 2.72. The molecule has 1 N–H and O–H groups in total. The van der Waals surface area contributed by atoms with Crippen LogP contribution in [0.5, 0.6) is 0 Å². The van der Waals surface area contributed by atoms with E-state index in [2.05, 4.69) is 15.3 Å². The van der Waals surface area contributed by atoms with Gasteiger partial charge in [-0.1, -0.05) is 0 Å². The molecule has 0 aliphatic rings. The standard InChI is InChI=1S/C19H19N3O4S/c1-4-26-19(23)16-11-20-18-15(10-5-12(2)21-18)17(16)22-13-6-8-14(9-7-13)27(3,24)25/h5-11H,4H2,1-3H3,(H,20,21,22). The van der Waals surface area contributed by atoms with E-state index in [0.29, 0.717) is 22.4 Å². The zero-order valence-electron chi connectivity index (χ0n) is 15.2. The Morgan fingerprint density at radius 3 is 2.48 bits per heavy atom. The van der Waals surface area contributed by atoms with Crippen molar-refractivity contribution in [3.63, 3.8) is 0 Å². The second-order valence-corrected chi connectivity index (χ2v) is 8.03. The minimum Gasteiger partial charge on any atom is -0.462 e. The number of ether oxygens (including phenoxy) is 1. The van der Waals surface area contributed by atoms with Gasteiger partial charge in [0, 0.05) is 29.2 Å². The van der Waals surface area contributed by atoms with Crippen LogP contribution in [0.3, 0.4) is 0 Å². The van der Waals surface area contributed by atoms with Gasteiger partial charge in [0.25, 0.3) is 0 Å². The highest BCUT2D eigenvalue weighted by molar-refractivity contribution is 7.90. The number of nitrogens with zero attached hydrogens (tertiary/aromatic N) is 2. The van der Waals surface area contributed by atoms with Gasteiger partial charge in [-0.15, -0.1) is 0 Å². The van der Waals surface area contributed by atoms with E-state index in [1.54, 1.807) is 19.1 Å². The fourth-order valence-electron chi connectivity index (χ4n) is 2.60. The highest BCUT2D eigenvalue weighted by Crippen LogP contribution is 2.29. The van der Waals surface area contributed by atoms with Gasteiger partial charge in [0.2, 0.25) is 0 Å². The number of anilines is 2. The third kappa shape index (κ3) is 4.06. The van der Waals surface area contributed by atoms with Crippen molar-refractivity contribution in [1.29, 1.82) is 0 Å². The average molecular weight is 385 g/mol. The van der Waals surface area contributed by atoms with Gasteiger partial charge in [0.15, 0.2) is 15.5 Å². The van der Waals surface area contributed by atoms with Crippen molar-refractivity contribution in [2.24, 2.45) is 0 Å². The lowest BCUT2D eigenvalue weighted by molar-refractivity contribution is 0.0527. The molecule has 8 heteroatoms. The number of benzene rings is 1. The zero-order valence-corrected chi connectivity index (χ0v) is 16.0. The Morgan fingerprint density at radius 1 is 1.15 bits per heavy atom. The van der Waals surface area contributed by atoms with Crippen LogP contribution in [0.1, 0.15) is 23.0 Å². The molecule has 0 amide bonds. The number of fused-ring (bicyclic) bond motifs is 1. The van der Waals surface area contributed by atoms with E-state index < -0.39 is 15.8 Å². The molecule has 0 spiro atoms. The number of hydrogen-bond donors (Lipinski definition) is 1. The van der Waals surface area contributed by atoms with E-state index in [1.807, 2.05) is 19.1 Å². The third-order valence-corrected chi connectivity index (χ3v) is 5.04. The summed E-state index contributed by atoms with van der Waals surface area (Å²) in [7, 11) is -3.28. The minimum atomic E-state index is -3.28. The quantitative estimate of drug-likeness (QED) is 0.673. The summed E-state index contributed by atoms with van der Waals surface area (Å²) in [6.07, 6.45) is 2.58. The van der Waals surface area contributed by atoms with Crippen molar-refractivity contribution in [3.8, 4) is 0 Å². The number of hydrogen-bond acceptors (Lipinski definition) is 7. The summed E-state index contributed by atoms with van der Waals surface area (Å²) in [6.45, 7) is 3.83. The molecule has 0 saturated heterocycles.